The molecule has 0 aromatic rings. The minimum absolute atomic E-state index is 0.434. The van der Waals surface area contributed by atoms with Gasteiger partial charge in [-0.3, -0.25) is 4.79 Å². The van der Waals surface area contributed by atoms with Gasteiger partial charge in [-0.05, 0) is 49.4 Å². The van der Waals surface area contributed by atoms with Gasteiger partial charge in [0.1, 0.15) is 0 Å². The molecule has 2 bridgehead atoms. The third-order valence-corrected chi connectivity index (χ3v) is 5.97. The highest BCUT2D eigenvalue weighted by Crippen LogP contribution is 2.69. The van der Waals surface area contributed by atoms with Crippen molar-refractivity contribution in [1.82, 2.24) is 10.2 Å². The Kier molecular flexibility index (Phi) is 2.48. The molecule has 1 amide bonds. The van der Waals surface area contributed by atoms with Crippen molar-refractivity contribution in [2.45, 2.75) is 38.6 Å². The molecule has 4 unspecified atom stereocenters. The fraction of sp³-hybridized carbons (Fsp3) is 0.933. The molecule has 0 spiro atoms. The van der Waals surface area contributed by atoms with E-state index < -0.39 is 0 Å². The summed E-state index contributed by atoms with van der Waals surface area (Å²) in [6.07, 6.45) is 5.36. The smallest absolute Gasteiger partial charge is 0.226 e. The second-order valence-electron chi connectivity index (χ2n) is 6.86. The molecule has 0 radical (unpaired) electrons. The minimum atomic E-state index is 0.434. The van der Waals surface area contributed by atoms with Crippen LogP contribution in [-0.4, -0.2) is 36.5 Å². The highest BCUT2D eigenvalue weighted by Gasteiger charge is 2.68. The lowest BCUT2D eigenvalue weighted by Gasteiger charge is -2.38. The number of fused-ring (bicyclic) bond motifs is 5. The summed E-state index contributed by atoms with van der Waals surface area (Å²) in [6, 6.07) is 0.497. The highest BCUT2D eigenvalue weighted by molar-refractivity contribution is 5.83. The van der Waals surface area contributed by atoms with Crippen LogP contribution in [0.2, 0.25) is 0 Å². The van der Waals surface area contributed by atoms with Gasteiger partial charge in [-0.15, -0.1) is 0 Å². The number of hydrogen-bond acceptors (Lipinski definition) is 2. The van der Waals surface area contributed by atoms with Crippen molar-refractivity contribution in [2.24, 2.45) is 29.6 Å². The van der Waals surface area contributed by atoms with E-state index >= 15 is 0 Å². The van der Waals surface area contributed by atoms with Crippen molar-refractivity contribution in [3.63, 3.8) is 0 Å². The Labute approximate surface area is 109 Å². The number of nitrogens with zero attached hydrogens (tertiary/aromatic N) is 1. The maximum Gasteiger partial charge on any atom is 0.226 e. The summed E-state index contributed by atoms with van der Waals surface area (Å²) in [4.78, 5) is 15.0. The van der Waals surface area contributed by atoms with E-state index in [0.29, 0.717) is 17.9 Å². The lowest BCUT2D eigenvalue weighted by Crippen LogP contribution is -2.59. The van der Waals surface area contributed by atoms with Gasteiger partial charge in [0.05, 0.1) is 6.04 Å². The molecule has 1 aliphatic heterocycles. The van der Waals surface area contributed by atoms with Crippen LogP contribution in [0.25, 0.3) is 0 Å². The normalized spacial score (nSPS) is 44.6. The zero-order valence-electron chi connectivity index (χ0n) is 11.3. The second-order valence-corrected chi connectivity index (χ2v) is 6.86. The number of carbonyl (C=O) groups is 1. The first-order valence-electron chi connectivity index (χ1n) is 7.82. The Morgan fingerprint density at radius 1 is 1.22 bits per heavy atom. The molecule has 1 N–H and O–H groups in total. The van der Waals surface area contributed by atoms with Gasteiger partial charge in [-0.1, -0.05) is 6.92 Å². The third kappa shape index (κ3) is 1.43. The third-order valence-electron chi connectivity index (χ3n) is 5.97. The van der Waals surface area contributed by atoms with Crippen molar-refractivity contribution in [3.05, 3.63) is 0 Å². The molecule has 1 saturated heterocycles. The fourth-order valence-corrected chi connectivity index (χ4v) is 5.05. The summed E-state index contributed by atoms with van der Waals surface area (Å²) in [5, 5.41) is 3.30. The molecule has 3 aliphatic carbocycles. The summed E-state index contributed by atoms with van der Waals surface area (Å²) in [6.45, 7) is 5.18. The van der Waals surface area contributed by atoms with Gasteiger partial charge in [-0.25, -0.2) is 0 Å². The number of hydrogen-bond donors (Lipinski definition) is 1. The van der Waals surface area contributed by atoms with Crippen LogP contribution in [0.1, 0.15) is 32.6 Å². The average Bonchev–Trinajstić information content (AvgIpc) is 2.73. The standard InChI is InChI=1S/C15H24N2O/c1-2-5-17(11-7-16-8-11)15(18)14-12-9-3-4-10(6-9)13(12)14/h9-14,16H,2-8H2,1H3. The lowest BCUT2D eigenvalue weighted by molar-refractivity contribution is -0.137. The molecule has 3 saturated carbocycles. The Balaban J connectivity index is 1.46. The topological polar surface area (TPSA) is 32.3 Å². The molecule has 4 fully saturated rings. The van der Waals surface area contributed by atoms with Crippen LogP contribution in [0.5, 0.6) is 0 Å². The molecular formula is C15H24N2O. The maximum atomic E-state index is 12.8. The van der Waals surface area contributed by atoms with Crippen LogP contribution >= 0.6 is 0 Å². The largest absolute Gasteiger partial charge is 0.337 e. The van der Waals surface area contributed by atoms with Gasteiger partial charge in [0, 0.05) is 25.6 Å². The van der Waals surface area contributed by atoms with Crippen molar-refractivity contribution in [1.29, 1.82) is 0 Å². The molecule has 0 aromatic heterocycles. The molecule has 3 heteroatoms. The van der Waals surface area contributed by atoms with E-state index in [2.05, 4.69) is 17.1 Å². The van der Waals surface area contributed by atoms with Crippen molar-refractivity contribution < 1.29 is 4.79 Å². The monoisotopic (exact) mass is 248 g/mol. The maximum absolute atomic E-state index is 12.8. The molecule has 4 aliphatic rings. The summed E-state index contributed by atoms with van der Waals surface area (Å²) < 4.78 is 0. The Hall–Kier alpha value is -0.570. The van der Waals surface area contributed by atoms with Crippen LogP contribution in [0.3, 0.4) is 0 Å². The van der Waals surface area contributed by atoms with Crippen LogP contribution < -0.4 is 5.32 Å². The van der Waals surface area contributed by atoms with Crippen LogP contribution in [-0.2, 0) is 4.79 Å². The lowest BCUT2D eigenvalue weighted by atomic mass is 10.0. The summed E-state index contributed by atoms with van der Waals surface area (Å²) in [5.74, 6) is 4.36. The predicted octanol–water partition coefficient (Wildman–Crippen LogP) is 1.49. The van der Waals surface area contributed by atoms with Gasteiger partial charge >= 0.3 is 0 Å². The summed E-state index contributed by atoms with van der Waals surface area (Å²) >= 11 is 0. The van der Waals surface area contributed by atoms with E-state index in [9.17, 15) is 4.79 Å². The van der Waals surface area contributed by atoms with Crippen LogP contribution in [0.4, 0.5) is 0 Å². The number of nitrogens with one attached hydrogen (secondary N) is 1. The molecule has 4 atom stereocenters. The van der Waals surface area contributed by atoms with E-state index in [0.717, 1.165) is 49.7 Å². The molecule has 1 heterocycles. The zero-order chi connectivity index (χ0) is 12.3. The van der Waals surface area contributed by atoms with Gasteiger partial charge in [0.2, 0.25) is 5.91 Å². The number of rotatable bonds is 4. The Morgan fingerprint density at radius 2 is 1.89 bits per heavy atom. The summed E-state index contributed by atoms with van der Waals surface area (Å²) in [5.41, 5.74) is 0. The van der Waals surface area contributed by atoms with Crippen molar-refractivity contribution in [3.8, 4) is 0 Å². The number of amides is 1. The van der Waals surface area contributed by atoms with E-state index in [1.807, 2.05) is 0 Å². The van der Waals surface area contributed by atoms with Gasteiger partial charge < -0.3 is 10.2 Å². The fourth-order valence-electron chi connectivity index (χ4n) is 5.05. The van der Waals surface area contributed by atoms with Crippen molar-refractivity contribution in [2.75, 3.05) is 19.6 Å². The predicted molar refractivity (Wildman–Crippen MR) is 70.0 cm³/mol. The SMILES string of the molecule is CCCN(C(=O)C1C2C3CCC(C3)C12)C1CNC1. The first-order valence-corrected chi connectivity index (χ1v) is 7.82. The zero-order valence-corrected chi connectivity index (χ0v) is 11.3. The van der Waals surface area contributed by atoms with Crippen molar-refractivity contribution >= 4 is 5.91 Å². The summed E-state index contributed by atoms with van der Waals surface area (Å²) in [7, 11) is 0. The number of carbonyl (C=O) groups excluding carboxylic acids is 1. The van der Waals surface area contributed by atoms with Gasteiger partial charge in [0.25, 0.3) is 0 Å². The van der Waals surface area contributed by atoms with Crippen LogP contribution in [0.15, 0.2) is 0 Å². The molecule has 3 nitrogen and oxygen atoms in total. The van der Waals surface area contributed by atoms with Crippen LogP contribution in [0, 0.1) is 29.6 Å². The molecular weight excluding hydrogens is 224 g/mol. The quantitative estimate of drug-likeness (QED) is 0.817. The first-order chi connectivity index (χ1) is 8.81. The molecule has 0 aromatic carbocycles. The minimum Gasteiger partial charge on any atom is -0.337 e. The Morgan fingerprint density at radius 3 is 2.39 bits per heavy atom. The van der Waals surface area contributed by atoms with Gasteiger partial charge in [0.15, 0.2) is 0 Å². The molecule has 4 rings (SSSR count). The first kappa shape index (κ1) is 11.3. The highest BCUT2D eigenvalue weighted by atomic mass is 16.2. The molecule has 100 valence electrons. The van der Waals surface area contributed by atoms with E-state index in [1.165, 1.54) is 19.3 Å². The van der Waals surface area contributed by atoms with E-state index in [4.69, 9.17) is 0 Å². The van der Waals surface area contributed by atoms with E-state index in [-0.39, 0.29) is 0 Å². The Bertz CT molecular complexity index is 350. The average molecular weight is 248 g/mol. The van der Waals surface area contributed by atoms with E-state index in [1.54, 1.807) is 0 Å². The molecule has 18 heavy (non-hydrogen) atoms. The van der Waals surface area contributed by atoms with Gasteiger partial charge in [-0.2, -0.15) is 0 Å². The second kappa shape index (κ2) is 3.96.